The van der Waals surface area contributed by atoms with E-state index in [2.05, 4.69) is 5.32 Å². The summed E-state index contributed by atoms with van der Waals surface area (Å²) in [6, 6.07) is 11.8. The second-order valence-electron chi connectivity index (χ2n) is 10.1. The summed E-state index contributed by atoms with van der Waals surface area (Å²) in [6.07, 6.45) is -3.19. The van der Waals surface area contributed by atoms with Crippen LogP contribution >= 0.6 is 11.8 Å². The van der Waals surface area contributed by atoms with E-state index in [1.807, 2.05) is 12.1 Å². The number of benzene rings is 2. The molecule has 38 heavy (non-hydrogen) atoms. The van der Waals surface area contributed by atoms with Gasteiger partial charge in [-0.15, -0.1) is 11.8 Å². The smallest absolute Gasteiger partial charge is 0.367 e. The summed E-state index contributed by atoms with van der Waals surface area (Å²) in [4.78, 5) is 40.2. The molecule has 11 heteroatoms. The number of nitrogens with zero attached hydrogens (tertiary/aromatic N) is 2. The first-order chi connectivity index (χ1) is 17.9. The van der Waals surface area contributed by atoms with Gasteiger partial charge in [0, 0.05) is 23.3 Å². The van der Waals surface area contributed by atoms with Crippen molar-refractivity contribution in [1.29, 1.82) is 5.26 Å². The molecule has 3 heterocycles. The average Bonchev–Trinajstić information content (AvgIpc) is 3.43. The number of carbonyl (C=O) groups excluding carboxylic acids is 3. The number of anilines is 2. The summed E-state index contributed by atoms with van der Waals surface area (Å²) < 4.78 is 47.1. The molecule has 4 atom stereocenters. The van der Waals surface area contributed by atoms with E-state index in [9.17, 15) is 27.6 Å². The standard InChI is InChI=1S/C27H24F3N3O4S/c1-15(34)32-17-4-7-19(8-5-17)38-12-11-26-10-9-25(2,37-26)21-22(26)24(36)33(23(21)35)18-6-3-16(14-31)20(13-18)27(28,29)30/h3-8,13,21-22H,9-12H2,1-2H3,(H,32,34)/t21-,22-,25+,26+/m0/s1. The SMILES string of the molecule is CC(=O)Nc1ccc(SCC[C@@]23CC[C@@](C)(O2)[C@@H]2C(=O)N(c4ccc(C#N)c(C(F)(F)F)c4)C(=O)[C@H]23)cc1. The van der Waals surface area contributed by atoms with Gasteiger partial charge in [0.1, 0.15) is 0 Å². The van der Waals surface area contributed by atoms with Crippen LogP contribution in [-0.4, -0.2) is 34.7 Å². The van der Waals surface area contributed by atoms with E-state index in [0.717, 1.165) is 15.9 Å². The highest BCUT2D eigenvalue weighted by Crippen LogP contribution is 2.62. The van der Waals surface area contributed by atoms with Gasteiger partial charge in [0.05, 0.1) is 45.9 Å². The van der Waals surface area contributed by atoms with Crippen molar-refractivity contribution in [3.8, 4) is 6.07 Å². The Morgan fingerprint density at radius 3 is 2.47 bits per heavy atom. The number of fused-ring (bicyclic) bond motifs is 5. The van der Waals surface area contributed by atoms with Gasteiger partial charge in [0.25, 0.3) is 0 Å². The minimum absolute atomic E-state index is 0.165. The first kappa shape index (κ1) is 26.3. The molecule has 3 aliphatic heterocycles. The number of rotatable bonds is 6. The molecule has 7 nitrogen and oxygen atoms in total. The van der Waals surface area contributed by atoms with E-state index in [-0.39, 0.29) is 11.6 Å². The predicted molar refractivity (Wildman–Crippen MR) is 133 cm³/mol. The molecule has 5 rings (SSSR count). The number of carbonyl (C=O) groups is 3. The Bertz CT molecular complexity index is 1370. The van der Waals surface area contributed by atoms with Crippen molar-refractivity contribution in [3.63, 3.8) is 0 Å². The average molecular weight is 544 g/mol. The Kier molecular flexibility index (Phi) is 6.31. The maximum atomic E-state index is 13.6. The number of amides is 3. The minimum Gasteiger partial charge on any atom is -0.367 e. The molecule has 3 fully saturated rings. The molecule has 1 N–H and O–H groups in total. The number of thioether (sulfide) groups is 1. The van der Waals surface area contributed by atoms with Crippen LogP contribution in [0.4, 0.5) is 24.5 Å². The van der Waals surface area contributed by atoms with Gasteiger partial charge in [-0.05, 0) is 68.7 Å². The quantitative estimate of drug-likeness (QED) is 0.400. The number of hydrogen-bond acceptors (Lipinski definition) is 6. The normalized spacial score (nSPS) is 27.9. The summed E-state index contributed by atoms with van der Waals surface area (Å²) in [7, 11) is 0. The molecular formula is C27H24F3N3O4S. The number of halogens is 3. The molecule has 198 valence electrons. The number of imide groups is 1. The second kappa shape index (κ2) is 9.13. The van der Waals surface area contributed by atoms with E-state index in [0.29, 0.717) is 36.8 Å². The topological polar surface area (TPSA) is 99.5 Å². The van der Waals surface area contributed by atoms with Gasteiger partial charge < -0.3 is 10.1 Å². The molecule has 0 radical (unpaired) electrons. The lowest BCUT2D eigenvalue weighted by atomic mass is 9.67. The predicted octanol–water partition coefficient (Wildman–Crippen LogP) is 5.14. The lowest BCUT2D eigenvalue weighted by Crippen LogP contribution is -2.42. The van der Waals surface area contributed by atoms with Crippen molar-refractivity contribution in [2.45, 2.75) is 55.4 Å². The monoisotopic (exact) mass is 543 g/mol. The van der Waals surface area contributed by atoms with Crippen LogP contribution in [0.1, 0.15) is 44.2 Å². The van der Waals surface area contributed by atoms with E-state index in [4.69, 9.17) is 10.00 Å². The van der Waals surface area contributed by atoms with Crippen molar-refractivity contribution >= 4 is 40.9 Å². The van der Waals surface area contributed by atoms with Crippen molar-refractivity contribution < 1.29 is 32.3 Å². The molecule has 0 spiro atoms. The lowest BCUT2D eigenvalue weighted by Gasteiger charge is -2.31. The summed E-state index contributed by atoms with van der Waals surface area (Å²) >= 11 is 1.55. The zero-order chi connectivity index (χ0) is 27.5. The van der Waals surface area contributed by atoms with E-state index >= 15 is 0 Å². The van der Waals surface area contributed by atoms with Crippen molar-refractivity contribution in [2.75, 3.05) is 16.0 Å². The zero-order valence-electron chi connectivity index (χ0n) is 20.6. The zero-order valence-corrected chi connectivity index (χ0v) is 21.4. The molecule has 2 aromatic rings. The molecule has 0 aromatic heterocycles. The van der Waals surface area contributed by atoms with Gasteiger partial charge in [-0.25, -0.2) is 4.90 Å². The van der Waals surface area contributed by atoms with Crippen molar-refractivity contribution in [1.82, 2.24) is 0 Å². The Labute approximate surface area is 221 Å². The fraction of sp³-hybridized carbons (Fsp3) is 0.407. The fourth-order valence-corrected chi connectivity index (χ4v) is 7.06. The van der Waals surface area contributed by atoms with Crippen LogP contribution < -0.4 is 10.2 Å². The van der Waals surface area contributed by atoms with E-state index < -0.39 is 52.2 Å². The van der Waals surface area contributed by atoms with Gasteiger partial charge in [0.15, 0.2) is 0 Å². The van der Waals surface area contributed by atoms with Gasteiger partial charge in [-0.3, -0.25) is 14.4 Å². The molecule has 2 bridgehead atoms. The molecule has 0 saturated carbocycles. The maximum absolute atomic E-state index is 13.6. The van der Waals surface area contributed by atoms with Gasteiger partial charge in [0.2, 0.25) is 17.7 Å². The van der Waals surface area contributed by atoms with Crippen LogP contribution in [0, 0.1) is 23.2 Å². The Hall–Kier alpha value is -3.36. The summed E-state index contributed by atoms with van der Waals surface area (Å²) in [5.41, 5.74) is -3.03. The highest BCUT2D eigenvalue weighted by Gasteiger charge is 2.73. The Balaban J connectivity index is 1.37. The molecule has 3 aliphatic rings. The largest absolute Gasteiger partial charge is 0.417 e. The molecule has 3 saturated heterocycles. The van der Waals surface area contributed by atoms with E-state index in [1.54, 1.807) is 30.8 Å². The third-order valence-corrected chi connectivity index (χ3v) is 8.68. The van der Waals surface area contributed by atoms with Gasteiger partial charge in [-0.1, -0.05) is 0 Å². The summed E-state index contributed by atoms with van der Waals surface area (Å²) in [5.74, 6) is -2.27. The Morgan fingerprint density at radius 2 is 1.84 bits per heavy atom. The fourth-order valence-electron chi connectivity index (χ4n) is 6.05. The van der Waals surface area contributed by atoms with Crippen molar-refractivity contribution in [2.24, 2.45) is 11.8 Å². The molecule has 0 aliphatic carbocycles. The first-order valence-electron chi connectivity index (χ1n) is 12.1. The number of nitrogens with one attached hydrogen (secondary N) is 1. The number of alkyl halides is 3. The maximum Gasteiger partial charge on any atom is 0.417 e. The third kappa shape index (κ3) is 4.25. The van der Waals surface area contributed by atoms with Gasteiger partial charge >= 0.3 is 6.18 Å². The summed E-state index contributed by atoms with van der Waals surface area (Å²) in [6.45, 7) is 3.22. The van der Waals surface area contributed by atoms with Crippen LogP contribution in [0.2, 0.25) is 0 Å². The molecule has 3 amide bonds. The van der Waals surface area contributed by atoms with Crippen LogP contribution in [0.3, 0.4) is 0 Å². The third-order valence-electron chi connectivity index (χ3n) is 7.67. The van der Waals surface area contributed by atoms with Crippen LogP contribution in [-0.2, 0) is 25.3 Å². The molecule has 2 aromatic carbocycles. The molecular weight excluding hydrogens is 519 g/mol. The van der Waals surface area contributed by atoms with E-state index in [1.165, 1.54) is 19.1 Å². The van der Waals surface area contributed by atoms with Crippen LogP contribution in [0.15, 0.2) is 47.4 Å². The van der Waals surface area contributed by atoms with Gasteiger partial charge in [-0.2, -0.15) is 18.4 Å². The number of hydrogen-bond donors (Lipinski definition) is 1. The highest BCUT2D eigenvalue weighted by molar-refractivity contribution is 7.99. The molecule has 0 unspecified atom stereocenters. The van der Waals surface area contributed by atoms with Crippen LogP contribution in [0.25, 0.3) is 0 Å². The Morgan fingerprint density at radius 1 is 1.16 bits per heavy atom. The van der Waals surface area contributed by atoms with Crippen LogP contribution in [0.5, 0.6) is 0 Å². The number of nitriles is 1. The minimum atomic E-state index is -4.81. The number of ether oxygens (including phenoxy) is 1. The lowest BCUT2D eigenvalue weighted by molar-refractivity contribution is -0.138. The van der Waals surface area contributed by atoms with Crippen molar-refractivity contribution in [3.05, 3.63) is 53.6 Å². The summed E-state index contributed by atoms with van der Waals surface area (Å²) in [5, 5.41) is 11.8. The highest BCUT2D eigenvalue weighted by atomic mass is 32.2. The second-order valence-corrected chi connectivity index (χ2v) is 11.3. The first-order valence-corrected chi connectivity index (χ1v) is 13.1.